The normalized spacial score (nSPS) is 12.6. The summed E-state index contributed by atoms with van der Waals surface area (Å²) < 4.78 is 20.4. The van der Waals surface area contributed by atoms with E-state index in [4.69, 9.17) is 4.42 Å². The Morgan fingerprint density at radius 2 is 1.96 bits per heavy atom. The highest BCUT2D eigenvalue weighted by atomic mass is 19.1. The molecule has 0 aliphatic carbocycles. The second kappa shape index (κ2) is 6.53. The maximum Gasteiger partial charge on any atom is 0.133 e. The monoisotopic (exact) mass is 335 g/mol. The number of halogens is 1. The summed E-state index contributed by atoms with van der Waals surface area (Å²) in [6.45, 7) is 0.666. The maximum absolute atomic E-state index is 13.3. The zero-order valence-corrected chi connectivity index (χ0v) is 13.8. The van der Waals surface area contributed by atoms with Crippen LogP contribution in [0.1, 0.15) is 22.9 Å². The molecule has 1 unspecified atom stereocenters. The van der Waals surface area contributed by atoms with E-state index in [9.17, 15) is 4.39 Å². The summed E-state index contributed by atoms with van der Waals surface area (Å²) in [5.41, 5.74) is 3.91. The van der Waals surface area contributed by atoms with Crippen molar-refractivity contribution in [1.29, 1.82) is 0 Å². The van der Waals surface area contributed by atoms with Gasteiger partial charge in [-0.2, -0.15) is 5.10 Å². The first-order valence-electron chi connectivity index (χ1n) is 8.13. The van der Waals surface area contributed by atoms with Gasteiger partial charge in [-0.1, -0.05) is 18.2 Å². The maximum atomic E-state index is 13.3. The van der Waals surface area contributed by atoms with Crippen molar-refractivity contribution in [3.05, 3.63) is 89.7 Å². The third-order valence-electron chi connectivity index (χ3n) is 4.26. The molecule has 2 aromatic carbocycles. The van der Waals surface area contributed by atoms with Gasteiger partial charge in [0.1, 0.15) is 11.4 Å². The first-order chi connectivity index (χ1) is 12.2. The van der Waals surface area contributed by atoms with Gasteiger partial charge in [-0.25, -0.2) is 4.39 Å². The number of rotatable bonds is 5. The lowest BCUT2D eigenvalue weighted by atomic mass is 10.0. The molecule has 0 saturated carbocycles. The third-order valence-corrected chi connectivity index (χ3v) is 4.26. The van der Waals surface area contributed by atoms with Crippen molar-refractivity contribution in [3.8, 4) is 0 Å². The molecule has 0 aliphatic rings. The molecule has 0 saturated heterocycles. The van der Waals surface area contributed by atoms with Crippen LogP contribution < -0.4 is 5.32 Å². The minimum absolute atomic E-state index is 0.109. The van der Waals surface area contributed by atoms with Gasteiger partial charge < -0.3 is 9.73 Å². The number of hydrogen-bond donors (Lipinski definition) is 1. The van der Waals surface area contributed by atoms with E-state index in [0.29, 0.717) is 6.54 Å². The van der Waals surface area contributed by atoms with E-state index in [1.54, 1.807) is 23.1 Å². The van der Waals surface area contributed by atoms with Crippen LogP contribution in [0, 0.1) is 5.82 Å². The molecule has 5 heteroatoms. The molecule has 4 nitrogen and oxygen atoms in total. The summed E-state index contributed by atoms with van der Waals surface area (Å²) in [5.74, 6) is -0.242. The summed E-state index contributed by atoms with van der Waals surface area (Å²) in [6.07, 6.45) is 3.60. The Morgan fingerprint density at radius 1 is 1.12 bits per heavy atom. The molecular weight excluding hydrogens is 317 g/mol. The van der Waals surface area contributed by atoms with Crippen LogP contribution in [0.25, 0.3) is 11.0 Å². The van der Waals surface area contributed by atoms with Crippen LogP contribution in [0.5, 0.6) is 0 Å². The van der Waals surface area contributed by atoms with E-state index in [1.165, 1.54) is 12.1 Å². The van der Waals surface area contributed by atoms with Crippen LogP contribution in [-0.2, 0) is 13.6 Å². The molecule has 126 valence electrons. The van der Waals surface area contributed by atoms with Crippen molar-refractivity contribution in [2.24, 2.45) is 7.05 Å². The van der Waals surface area contributed by atoms with Gasteiger partial charge in [0.15, 0.2) is 0 Å². The minimum atomic E-state index is -0.242. The average Bonchev–Trinajstić information content (AvgIpc) is 3.25. The molecule has 0 amide bonds. The summed E-state index contributed by atoms with van der Waals surface area (Å²) >= 11 is 0. The van der Waals surface area contributed by atoms with Crippen molar-refractivity contribution < 1.29 is 8.81 Å². The van der Waals surface area contributed by atoms with Gasteiger partial charge in [-0.05, 0) is 47.5 Å². The summed E-state index contributed by atoms with van der Waals surface area (Å²) in [4.78, 5) is 0. The largest absolute Gasteiger partial charge is 0.464 e. The molecule has 0 radical (unpaired) electrons. The van der Waals surface area contributed by atoms with Crippen molar-refractivity contribution in [2.75, 3.05) is 0 Å². The number of aromatic nitrogens is 2. The Labute approximate surface area is 144 Å². The molecule has 0 aliphatic heterocycles. The first kappa shape index (κ1) is 15.6. The molecule has 1 atom stereocenters. The lowest BCUT2D eigenvalue weighted by Crippen LogP contribution is -2.22. The summed E-state index contributed by atoms with van der Waals surface area (Å²) in [7, 11) is 1.89. The van der Waals surface area contributed by atoms with E-state index in [2.05, 4.69) is 16.5 Å². The van der Waals surface area contributed by atoms with Gasteiger partial charge in [0, 0.05) is 25.2 Å². The van der Waals surface area contributed by atoms with Gasteiger partial charge in [0.2, 0.25) is 0 Å². The summed E-state index contributed by atoms with van der Waals surface area (Å²) in [5, 5.41) is 9.12. The van der Waals surface area contributed by atoms with Gasteiger partial charge >= 0.3 is 0 Å². The molecule has 0 bridgehead atoms. The van der Waals surface area contributed by atoms with Gasteiger partial charge in [0.05, 0.1) is 18.0 Å². The number of hydrogen-bond acceptors (Lipinski definition) is 3. The van der Waals surface area contributed by atoms with Crippen molar-refractivity contribution in [2.45, 2.75) is 12.6 Å². The number of aryl methyl sites for hydroxylation is 1. The van der Waals surface area contributed by atoms with Crippen molar-refractivity contribution in [3.63, 3.8) is 0 Å². The van der Waals surface area contributed by atoms with Crippen molar-refractivity contribution >= 4 is 11.0 Å². The van der Waals surface area contributed by atoms with E-state index in [0.717, 1.165) is 27.8 Å². The molecule has 4 aromatic rings. The average molecular weight is 335 g/mol. The number of nitrogens with one attached hydrogen (secondary N) is 1. The van der Waals surface area contributed by atoms with Crippen LogP contribution in [0.15, 0.2) is 71.5 Å². The molecule has 2 heterocycles. The number of benzene rings is 2. The zero-order chi connectivity index (χ0) is 17.2. The highest BCUT2D eigenvalue weighted by Gasteiger charge is 2.16. The van der Waals surface area contributed by atoms with Crippen LogP contribution in [0.3, 0.4) is 0 Å². The molecular formula is C20H18FN3O. The minimum Gasteiger partial charge on any atom is -0.464 e. The van der Waals surface area contributed by atoms with E-state index in [1.807, 2.05) is 37.5 Å². The molecule has 25 heavy (non-hydrogen) atoms. The fourth-order valence-corrected chi connectivity index (χ4v) is 2.98. The Balaban J connectivity index is 1.60. The Morgan fingerprint density at radius 3 is 2.72 bits per heavy atom. The molecule has 1 N–H and O–H groups in total. The number of nitrogens with zero attached hydrogens (tertiary/aromatic N) is 2. The Bertz CT molecular complexity index is 988. The van der Waals surface area contributed by atoms with Crippen LogP contribution in [0.4, 0.5) is 4.39 Å². The smallest absolute Gasteiger partial charge is 0.133 e. The second-order valence-corrected chi connectivity index (χ2v) is 6.07. The highest BCUT2D eigenvalue weighted by molar-refractivity contribution is 5.77. The highest BCUT2D eigenvalue weighted by Crippen LogP contribution is 2.22. The topological polar surface area (TPSA) is 43.0 Å². The fourth-order valence-electron chi connectivity index (χ4n) is 2.98. The van der Waals surface area contributed by atoms with Crippen LogP contribution >= 0.6 is 0 Å². The third kappa shape index (κ3) is 3.32. The predicted octanol–water partition coefficient (Wildman–Crippen LogP) is 4.18. The molecule has 0 spiro atoms. The quantitative estimate of drug-likeness (QED) is 0.595. The Hall–Kier alpha value is -2.92. The van der Waals surface area contributed by atoms with E-state index >= 15 is 0 Å². The van der Waals surface area contributed by atoms with Crippen molar-refractivity contribution in [1.82, 2.24) is 15.1 Å². The van der Waals surface area contributed by atoms with Gasteiger partial charge in [-0.15, -0.1) is 0 Å². The number of furan rings is 1. The van der Waals surface area contributed by atoms with E-state index < -0.39 is 0 Å². The zero-order valence-electron chi connectivity index (χ0n) is 13.8. The second-order valence-electron chi connectivity index (χ2n) is 6.07. The molecule has 0 fully saturated rings. The van der Waals surface area contributed by atoms with E-state index in [-0.39, 0.29) is 11.9 Å². The van der Waals surface area contributed by atoms with Gasteiger partial charge in [-0.3, -0.25) is 4.68 Å². The lowest BCUT2D eigenvalue weighted by molar-refractivity contribution is 0.575. The number of fused-ring (bicyclic) bond motifs is 1. The SMILES string of the molecule is Cn1ccc(C(NCc2ccc3occc3c2)c2ccc(F)cc2)n1. The van der Waals surface area contributed by atoms with Crippen LogP contribution in [-0.4, -0.2) is 9.78 Å². The Kier molecular flexibility index (Phi) is 4.07. The predicted molar refractivity (Wildman–Crippen MR) is 94.5 cm³/mol. The molecule has 2 aromatic heterocycles. The molecule has 4 rings (SSSR count). The lowest BCUT2D eigenvalue weighted by Gasteiger charge is -2.17. The van der Waals surface area contributed by atoms with Crippen LogP contribution in [0.2, 0.25) is 0 Å². The first-order valence-corrected chi connectivity index (χ1v) is 8.13. The van der Waals surface area contributed by atoms with Gasteiger partial charge in [0.25, 0.3) is 0 Å². The standard InChI is InChI=1S/C20H18FN3O/c1-24-10-8-18(23-24)20(15-3-5-17(21)6-4-15)22-13-14-2-7-19-16(12-14)9-11-25-19/h2-12,20,22H,13H2,1H3. The fraction of sp³-hybridized carbons (Fsp3) is 0.150. The summed E-state index contributed by atoms with van der Waals surface area (Å²) in [6, 6.07) is 16.5.